The Labute approximate surface area is 196 Å². The molecule has 2 saturated heterocycles. The van der Waals surface area contributed by atoms with Gasteiger partial charge in [-0.05, 0) is 53.1 Å². The lowest BCUT2D eigenvalue weighted by molar-refractivity contribution is -0.00548. The smallest absolute Gasteiger partial charge is 0.410 e. The van der Waals surface area contributed by atoms with Gasteiger partial charge >= 0.3 is 6.09 Å². The maximum atomic E-state index is 12.5. The topological polar surface area (TPSA) is 94.0 Å². The van der Waals surface area contributed by atoms with Gasteiger partial charge in [0.15, 0.2) is 0 Å². The van der Waals surface area contributed by atoms with Gasteiger partial charge in [-0.15, -0.1) is 0 Å². The second kappa shape index (κ2) is 9.35. The van der Waals surface area contributed by atoms with Crippen LogP contribution in [0.3, 0.4) is 0 Å². The fourth-order valence-electron chi connectivity index (χ4n) is 4.92. The van der Waals surface area contributed by atoms with Crippen molar-refractivity contribution in [1.82, 2.24) is 15.2 Å². The number of nitrogens with one attached hydrogen (secondary N) is 1. The van der Waals surface area contributed by atoms with E-state index in [0.717, 1.165) is 35.7 Å². The number of ether oxygens (including phenoxy) is 2. The van der Waals surface area contributed by atoms with Gasteiger partial charge in [-0.3, -0.25) is 0 Å². The van der Waals surface area contributed by atoms with E-state index in [1.807, 2.05) is 20.8 Å². The number of anilines is 2. The summed E-state index contributed by atoms with van der Waals surface area (Å²) in [6.45, 7) is 15.3. The van der Waals surface area contributed by atoms with Crippen LogP contribution in [0.4, 0.5) is 16.4 Å². The van der Waals surface area contributed by atoms with Crippen molar-refractivity contribution in [2.75, 3.05) is 55.6 Å². The van der Waals surface area contributed by atoms with Crippen LogP contribution in [0.2, 0.25) is 0 Å². The molecule has 33 heavy (non-hydrogen) atoms. The zero-order valence-corrected chi connectivity index (χ0v) is 20.5. The largest absolute Gasteiger partial charge is 0.444 e. The Morgan fingerprint density at radius 3 is 2.36 bits per heavy atom. The second-order valence-corrected chi connectivity index (χ2v) is 10.2. The van der Waals surface area contributed by atoms with Crippen LogP contribution in [-0.2, 0) is 22.4 Å². The molecule has 9 heteroatoms. The van der Waals surface area contributed by atoms with Crippen LogP contribution in [0.25, 0.3) is 0 Å². The van der Waals surface area contributed by atoms with Gasteiger partial charge in [0.1, 0.15) is 23.3 Å². The molecule has 1 amide bonds. The van der Waals surface area contributed by atoms with Crippen LogP contribution >= 0.6 is 0 Å². The van der Waals surface area contributed by atoms with E-state index in [4.69, 9.17) is 14.5 Å². The van der Waals surface area contributed by atoms with E-state index in [9.17, 15) is 10.1 Å². The van der Waals surface area contributed by atoms with Crippen molar-refractivity contribution in [1.29, 1.82) is 5.26 Å². The number of morpholine rings is 1. The molecule has 2 fully saturated rings. The highest BCUT2D eigenvalue weighted by atomic mass is 16.6. The summed E-state index contributed by atoms with van der Waals surface area (Å²) < 4.78 is 11.5. The third-order valence-corrected chi connectivity index (χ3v) is 6.29. The summed E-state index contributed by atoms with van der Waals surface area (Å²) >= 11 is 0. The molecule has 3 aliphatic heterocycles. The van der Waals surface area contributed by atoms with Gasteiger partial charge < -0.3 is 29.5 Å². The van der Waals surface area contributed by atoms with Crippen LogP contribution in [0.15, 0.2) is 0 Å². The summed E-state index contributed by atoms with van der Waals surface area (Å²) in [7, 11) is 0. The number of hydrogen-bond acceptors (Lipinski definition) is 8. The zero-order valence-electron chi connectivity index (χ0n) is 20.5. The first-order chi connectivity index (χ1) is 15.7. The first-order valence-corrected chi connectivity index (χ1v) is 12.0. The maximum Gasteiger partial charge on any atom is 0.410 e. The number of hydrogen-bond donors (Lipinski definition) is 1. The number of rotatable bonds is 2. The Morgan fingerprint density at radius 2 is 1.76 bits per heavy atom. The molecule has 0 saturated carbocycles. The summed E-state index contributed by atoms with van der Waals surface area (Å²) in [6, 6.07) is 2.45. The monoisotopic (exact) mass is 456 g/mol. The lowest BCUT2D eigenvalue weighted by Crippen LogP contribution is -2.51. The first-order valence-electron chi connectivity index (χ1n) is 12.0. The minimum atomic E-state index is -0.504. The Hall–Kier alpha value is -2.57. The lowest BCUT2D eigenvalue weighted by Gasteiger charge is -2.40. The van der Waals surface area contributed by atoms with E-state index in [-0.39, 0.29) is 18.3 Å². The molecular formula is C24H36N6O3. The molecule has 4 rings (SSSR count). The van der Waals surface area contributed by atoms with E-state index >= 15 is 0 Å². The number of nitrogens with zero attached hydrogens (tertiary/aromatic N) is 5. The summed E-state index contributed by atoms with van der Waals surface area (Å²) in [4.78, 5) is 23.9. The standard InChI is InChI=1S/C24H36N6O3/c1-16-14-30(15-17(2)32-16)22-19(12-25)20-13-26-7-6-18(20)21(27-22)28-8-10-29(11-9-28)23(31)33-24(3,4)5/h16-17,26H,6-11,13-15H2,1-5H3. The van der Waals surface area contributed by atoms with Crippen molar-refractivity contribution >= 4 is 17.7 Å². The highest BCUT2D eigenvalue weighted by molar-refractivity contribution is 5.70. The second-order valence-electron chi connectivity index (χ2n) is 10.2. The normalized spacial score (nSPS) is 23.7. The Kier molecular flexibility index (Phi) is 6.68. The Balaban J connectivity index is 1.62. The number of amides is 1. The van der Waals surface area contributed by atoms with Crippen molar-refractivity contribution in [3.8, 4) is 6.07 Å². The van der Waals surface area contributed by atoms with Gasteiger partial charge in [0.05, 0.1) is 17.8 Å². The van der Waals surface area contributed by atoms with Crippen molar-refractivity contribution in [3.63, 3.8) is 0 Å². The van der Waals surface area contributed by atoms with Crippen LogP contribution < -0.4 is 15.1 Å². The molecule has 0 aliphatic carbocycles. The molecule has 1 aromatic rings. The highest BCUT2D eigenvalue weighted by Crippen LogP contribution is 2.35. The van der Waals surface area contributed by atoms with Crippen molar-refractivity contribution in [3.05, 3.63) is 16.7 Å². The van der Waals surface area contributed by atoms with E-state index in [0.29, 0.717) is 51.4 Å². The van der Waals surface area contributed by atoms with Gasteiger partial charge in [0, 0.05) is 51.4 Å². The molecule has 0 radical (unpaired) electrons. The highest BCUT2D eigenvalue weighted by Gasteiger charge is 2.32. The Morgan fingerprint density at radius 1 is 1.09 bits per heavy atom. The molecule has 0 bridgehead atoms. The summed E-state index contributed by atoms with van der Waals surface area (Å²) in [5, 5.41) is 13.5. The van der Waals surface area contributed by atoms with Crippen LogP contribution in [0, 0.1) is 11.3 Å². The van der Waals surface area contributed by atoms with E-state index in [1.54, 1.807) is 4.90 Å². The summed E-state index contributed by atoms with van der Waals surface area (Å²) in [5.74, 6) is 1.71. The molecule has 1 N–H and O–H groups in total. The summed E-state index contributed by atoms with van der Waals surface area (Å²) in [6.07, 6.45) is 0.738. The van der Waals surface area contributed by atoms with Crippen LogP contribution in [0.5, 0.6) is 0 Å². The number of carbonyl (C=O) groups is 1. The summed E-state index contributed by atoms with van der Waals surface area (Å²) in [5.41, 5.74) is 2.39. The quantitative estimate of drug-likeness (QED) is 0.724. The third-order valence-electron chi connectivity index (χ3n) is 6.29. The predicted molar refractivity (Wildman–Crippen MR) is 127 cm³/mol. The van der Waals surface area contributed by atoms with Crippen LogP contribution in [-0.4, -0.2) is 79.6 Å². The molecule has 2 atom stereocenters. The molecule has 1 aromatic heterocycles. The fourth-order valence-corrected chi connectivity index (χ4v) is 4.92. The van der Waals surface area contributed by atoms with Gasteiger partial charge in [-0.1, -0.05) is 0 Å². The van der Waals surface area contributed by atoms with Crippen molar-refractivity contribution in [2.45, 2.75) is 65.4 Å². The van der Waals surface area contributed by atoms with Gasteiger partial charge in [0.25, 0.3) is 0 Å². The SMILES string of the molecule is CC1CN(c2nc(N3CCN(C(=O)OC(C)(C)C)CC3)c3c(c2C#N)CNCC3)CC(C)O1. The third kappa shape index (κ3) is 5.17. The van der Waals surface area contributed by atoms with Gasteiger partial charge in [-0.25, -0.2) is 9.78 Å². The number of piperazine rings is 1. The van der Waals surface area contributed by atoms with E-state index in [2.05, 4.69) is 35.0 Å². The molecule has 0 aromatic carbocycles. The molecular weight excluding hydrogens is 420 g/mol. The zero-order chi connectivity index (χ0) is 23.8. The lowest BCUT2D eigenvalue weighted by atomic mass is 9.96. The minimum absolute atomic E-state index is 0.0806. The molecule has 9 nitrogen and oxygen atoms in total. The maximum absolute atomic E-state index is 12.5. The molecule has 0 spiro atoms. The average molecular weight is 457 g/mol. The van der Waals surface area contributed by atoms with Crippen LogP contribution in [0.1, 0.15) is 51.3 Å². The number of aromatic nitrogens is 1. The number of fused-ring (bicyclic) bond motifs is 1. The minimum Gasteiger partial charge on any atom is -0.444 e. The fraction of sp³-hybridized carbons (Fsp3) is 0.708. The predicted octanol–water partition coefficient (Wildman–Crippen LogP) is 2.27. The number of pyridine rings is 1. The molecule has 4 heterocycles. The van der Waals surface area contributed by atoms with Gasteiger partial charge in [0.2, 0.25) is 0 Å². The van der Waals surface area contributed by atoms with Crippen molar-refractivity contribution in [2.24, 2.45) is 0 Å². The number of nitriles is 1. The molecule has 3 aliphatic rings. The molecule has 180 valence electrons. The average Bonchev–Trinajstić information content (AvgIpc) is 2.76. The van der Waals surface area contributed by atoms with Crippen molar-refractivity contribution < 1.29 is 14.3 Å². The Bertz CT molecular complexity index is 920. The van der Waals surface area contributed by atoms with E-state index < -0.39 is 5.60 Å². The first kappa shape index (κ1) is 23.6. The van der Waals surface area contributed by atoms with E-state index in [1.165, 1.54) is 0 Å². The number of carbonyl (C=O) groups excluding carboxylic acids is 1. The molecule has 2 unspecified atom stereocenters. The van der Waals surface area contributed by atoms with Gasteiger partial charge in [-0.2, -0.15) is 5.26 Å².